The fraction of sp³-hybridized carbons (Fsp3) is 0.542. The minimum Gasteiger partial charge on any atom is -0.444 e. The summed E-state index contributed by atoms with van der Waals surface area (Å²) in [5.74, 6) is -1.25. The Balaban J connectivity index is 1.46. The van der Waals surface area contributed by atoms with Gasteiger partial charge in [0.25, 0.3) is 5.91 Å². The average molecular weight is 473 g/mol. The number of carbonyl (C=O) groups excluding carboxylic acids is 5. The number of fused-ring (bicyclic) bond motifs is 1. The number of rotatable bonds is 8. The summed E-state index contributed by atoms with van der Waals surface area (Å²) >= 11 is 0. The Labute approximate surface area is 198 Å². The van der Waals surface area contributed by atoms with Crippen LogP contribution in [0.25, 0.3) is 0 Å². The summed E-state index contributed by atoms with van der Waals surface area (Å²) < 4.78 is 5.17. The molecule has 0 saturated carbocycles. The van der Waals surface area contributed by atoms with E-state index in [1.54, 1.807) is 39.0 Å². The van der Waals surface area contributed by atoms with Crippen molar-refractivity contribution in [1.29, 1.82) is 0 Å². The predicted molar refractivity (Wildman–Crippen MR) is 124 cm³/mol. The summed E-state index contributed by atoms with van der Waals surface area (Å²) in [7, 11) is 0. The normalized spacial score (nSPS) is 17.8. The molecule has 3 rings (SSSR count). The van der Waals surface area contributed by atoms with Crippen molar-refractivity contribution < 1.29 is 28.7 Å². The lowest BCUT2D eigenvalue weighted by molar-refractivity contribution is -0.137. The molecule has 10 nitrogen and oxygen atoms in total. The van der Waals surface area contributed by atoms with E-state index in [9.17, 15) is 24.0 Å². The molecule has 1 saturated heterocycles. The van der Waals surface area contributed by atoms with Crippen molar-refractivity contribution in [3.63, 3.8) is 0 Å². The van der Waals surface area contributed by atoms with Gasteiger partial charge in [-0.1, -0.05) is 12.5 Å². The van der Waals surface area contributed by atoms with Crippen LogP contribution in [0.2, 0.25) is 0 Å². The van der Waals surface area contributed by atoms with Gasteiger partial charge >= 0.3 is 6.09 Å². The van der Waals surface area contributed by atoms with Gasteiger partial charge in [0.1, 0.15) is 11.6 Å². The lowest BCUT2D eigenvalue weighted by Gasteiger charge is -2.29. The molecule has 0 aliphatic carbocycles. The standard InChI is InChI=1S/C24H32N4O6/c1-24(2,3)34-23(33)25-13-6-4-5-10-19(29)26-17-9-7-8-15-16(17)14-28(22(15)32)18-11-12-20(30)27-21(18)31/h7-9,18H,4-6,10-14H2,1-3H3,(H,25,33)(H,26,29)(H,27,30,31). The Morgan fingerprint density at radius 3 is 2.62 bits per heavy atom. The highest BCUT2D eigenvalue weighted by molar-refractivity contribution is 6.06. The van der Waals surface area contributed by atoms with E-state index in [0.29, 0.717) is 36.2 Å². The Morgan fingerprint density at radius 2 is 1.91 bits per heavy atom. The third kappa shape index (κ3) is 6.55. The number of imide groups is 1. The van der Waals surface area contributed by atoms with Crippen molar-refractivity contribution in [2.75, 3.05) is 11.9 Å². The second kappa shape index (κ2) is 10.7. The molecule has 1 unspecified atom stereocenters. The van der Waals surface area contributed by atoms with Crippen molar-refractivity contribution in [2.24, 2.45) is 0 Å². The fourth-order valence-corrected chi connectivity index (χ4v) is 4.01. The molecule has 0 bridgehead atoms. The molecule has 10 heteroatoms. The SMILES string of the molecule is CC(C)(C)OC(=O)NCCCCCC(=O)Nc1cccc2c1CN(C1CCC(=O)NC1=O)C2=O. The molecular weight excluding hydrogens is 440 g/mol. The number of carbonyl (C=O) groups is 5. The van der Waals surface area contributed by atoms with Crippen LogP contribution >= 0.6 is 0 Å². The van der Waals surface area contributed by atoms with Crippen LogP contribution in [0.4, 0.5) is 10.5 Å². The summed E-state index contributed by atoms with van der Waals surface area (Å²) in [6, 6.07) is 4.41. The summed E-state index contributed by atoms with van der Waals surface area (Å²) in [6.07, 6.45) is 2.46. The summed E-state index contributed by atoms with van der Waals surface area (Å²) in [4.78, 5) is 62.0. The minimum absolute atomic E-state index is 0.166. The molecule has 1 aromatic rings. The smallest absolute Gasteiger partial charge is 0.407 e. The van der Waals surface area contributed by atoms with E-state index >= 15 is 0 Å². The van der Waals surface area contributed by atoms with Crippen LogP contribution in [0.5, 0.6) is 0 Å². The lowest BCUT2D eigenvalue weighted by atomic mass is 10.0. The number of benzene rings is 1. The lowest BCUT2D eigenvalue weighted by Crippen LogP contribution is -2.52. The highest BCUT2D eigenvalue weighted by atomic mass is 16.6. The Bertz CT molecular complexity index is 984. The molecule has 184 valence electrons. The Hall–Kier alpha value is -3.43. The third-order valence-corrected chi connectivity index (χ3v) is 5.61. The van der Waals surface area contributed by atoms with E-state index in [-0.39, 0.29) is 37.1 Å². The number of ether oxygens (including phenoxy) is 1. The zero-order valence-corrected chi connectivity index (χ0v) is 19.9. The molecule has 0 spiro atoms. The van der Waals surface area contributed by atoms with E-state index in [4.69, 9.17) is 4.74 Å². The number of nitrogens with zero attached hydrogens (tertiary/aromatic N) is 1. The van der Waals surface area contributed by atoms with Gasteiger partial charge in [-0.15, -0.1) is 0 Å². The quantitative estimate of drug-likeness (QED) is 0.393. The monoisotopic (exact) mass is 472 g/mol. The van der Waals surface area contributed by atoms with Gasteiger partial charge in [0, 0.05) is 42.7 Å². The van der Waals surface area contributed by atoms with Crippen LogP contribution in [0.3, 0.4) is 0 Å². The van der Waals surface area contributed by atoms with E-state index < -0.39 is 23.6 Å². The van der Waals surface area contributed by atoms with Crippen LogP contribution in [0, 0.1) is 0 Å². The summed E-state index contributed by atoms with van der Waals surface area (Å²) in [6.45, 7) is 6.08. The number of hydrogen-bond donors (Lipinski definition) is 3. The fourth-order valence-electron chi connectivity index (χ4n) is 4.01. The molecule has 0 aromatic heterocycles. The number of unbranched alkanes of at least 4 members (excludes halogenated alkanes) is 2. The van der Waals surface area contributed by atoms with Crippen LogP contribution < -0.4 is 16.0 Å². The topological polar surface area (TPSA) is 134 Å². The van der Waals surface area contributed by atoms with Gasteiger partial charge in [-0.25, -0.2) is 4.79 Å². The predicted octanol–water partition coefficient (Wildman–Crippen LogP) is 2.47. The molecular formula is C24H32N4O6. The highest BCUT2D eigenvalue weighted by Crippen LogP contribution is 2.32. The number of piperidine rings is 1. The van der Waals surface area contributed by atoms with Crippen molar-refractivity contribution in [1.82, 2.24) is 15.5 Å². The maximum Gasteiger partial charge on any atom is 0.407 e. The van der Waals surface area contributed by atoms with E-state index in [1.807, 2.05) is 0 Å². The van der Waals surface area contributed by atoms with E-state index in [1.165, 1.54) is 4.90 Å². The molecule has 1 atom stereocenters. The van der Waals surface area contributed by atoms with E-state index in [0.717, 1.165) is 12.8 Å². The first-order valence-corrected chi connectivity index (χ1v) is 11.6. The number of anilines is 1. The second-order valence-corrected chi connectivity index (χ2v) is 9.52. The van der Waals surface area contributed by atoms with Crippen molar-refractivity contribution in [3.8, 4) is 0 Å². The van der Waals surface area contributed by atoms with E-state index in [2.05, 4.69) is 16.0 Å². The van der Waals surface area contributed by atoms with Gasteiger partial charge < -0.3 is 20.3 Å². The number of alkyl carbamates (subject to hydrolysis) is 1. The number of nitrogens with one attached hydrogen (secondary N) is 3. The first kappa shape index (κ1) is 25.2. The zero-order valence-electron chi connectivity index (χ0n) is 19.9. The molecule has 2 aliphatic heterocycles. The van der Waals surface area contributed by atoms with Crippen molar-refractivity contribution >= 4 is 35.4 Å². The van der Waals surface area contributed by atoms with Crippen molar-refractivity contribution in [2.45, 2.75) is 77.5 Å². The minimum atomic E-state index is -0.699. The Morgan fingerprint density at radius 1 is 1.15 bits per heavy atom. The molecule has 34 heavy (non-hydrogen) atoms. The van der Waals surface area contributed by atoms with Crippen LogP contribution in [-0.4, -0.2) is 52.8 Å². The average Bonchev–Trinajstić information content (AvgIpc) is 3.07. The van der Waals surface area contributed by atoms with Gasteiger partial charge in [-0.3, -0.25) is 24.5 Å². The third-order valence-electron chi connectivity index (χ3n) is 5.61. The van der Waals surface area contributed by atoms with Crippen LogP contribution in [-0.2, 0) is 25.7 Å². The second-order valence-electron chi connectivity index (χ2n) is 9.52. The maximum absolute atomic E-state index is 12.9. The Kier molecular flexibility index (Phi) is 7.90. The molecule has 1 fully saturated rings. The highest BCUT2D eigenvalue weighted by Gasteiger charge is 2.39. The van der Waals surface area contributed by atoms with Gasteiger partial charge in [0.15, 0.2) is 0 Å². The molecule has 5 amide bonds. The molecule has 0 radical (unpaired) electrons. The summed E-state index contributed by atoms with van der Waals surface area (Å²) in [5, 5.41) is 7.85. The van der Waals surface area contributed by atoms with Gasteiger partial charge in [0.2, 0.25) is 17.7 Å². The molecule has 2 heterocycles. The largest absolute Gasteiger partial charge is 0.444 e. The van der Waals surface area contributed by atoms with Gasteiger partial charge in [0.05, 0.1) is 0 Å². The van der Waals surface area contributed by atoms with Gasteiger partial charge in [-0.05, 0) is 52.2 Å². The first-order valence-electron chi connectivity index (χ1n) is 11.6. The van der Waals surface area contributed by atoms with Gasteiger partial charge in [-0.2, -0.15) is 0 Å². The molecule has 3 N–H and O–H groups in total. The number of hydrogen-bond acceptors (Lipinski definition) is 6. The van der Waals surface area contributed by atoms with Crippen LogP contribution in [0.1, 0.15) is 75.2 Å². The molecule has 1 aromatic carbocycles. The zero-order chi connectivity index (χ0) is 24.9. The van der Waals surface area contributed by atoms with Crippen molar-refractivity contribution in [3.05, 3.63) is 29.3 Å². The number of amides is 5. The summed E-state index contributed by atoms with van der Waals surface area (Å²) in [5.41, 5.74) is 1.14. The molecule has 2 aliphatic rings. The first-order chi connectivity index (χ1) is 16.0. The maximum atomic E-state index is 12.9. The van der Waals surface area contributed by atoms with Crippen LogP contribution in [0.15, 0.2) is 18.2 Å².